The molecule has 0 saturated heterocycles. The van der Waals surface area contributed by atoms with E-state index in [2.05, 4.69) is 31.8 Å². The summed E-state index contributed by atoms with van der Waals surface area (Å²) in [6.07, 6.45) is 4.50. The highest BCUT2D eigenvalue weighted by Crippen LogP contribution is 2.45. The second-order valence-corrected chi connectivity index (χ2v) is 14.2. The number of aliphatic imine (C=N–C) groups is 1. The van der Waals surface area contributed by atoms with E-state index in [1.165, 1.54) is 10.9 Å². The highest BCUT2D eigenvalue weighted by atomic mass is 32.2. The van der Waals surface area contributed by atoms with Gasteiger partial charge in [-0.3, -0.25) is 10.1 Å². The number of rotatable bonds is 7. The Labute approximate surface area is 270 Å². The van der Waals surface area contributed by atoms with Gasteiger partial charge in [0.15, 0.2) is 5.16 Å². The number of aromatic nitrogens is 2. The number of nitriles is 1. The van der Waals surface area contributed by atoms with Crippen LogP contribution in [0.25, 0.3) is 22.5 Å². The molecule has 0 amide bonds. The Morgan fingerprint density at radius 2 is 1.64 bits per heavy atom. The minimum atomic E-state index is -0.393. The normalized spacial score (nSPS) is 14.7. The fourth-order valence-corrected chi connectivity index (χ4v) is 7.66. The molecule has 5 aromatic rings. The summed E-state index contributed by atoms with van der Waals surface area (Å²) in [7, 11) is 0. The van der Waals surface area contributed by atoms with Gasteiger partial charge in [-0.2, -0.15) is 5.26 Å². The Balaban J connectivity index is 1.31. The standard InChI is InChI=1S/C36H31N5O2S2/c1-36(2,3)26-15-16-27-28(21-37)34(44-33(27)19-26)38-22-23-14-17-32(31(18-23)41(42)43)45-35-39-29(24-10-6-4-7-11-24)20-30(40-35)25-12-8-5-9-13-25/h4-14,17-18,20,22,26H,15-16,19H2,1-3H3/t26-/m1/s1. The van der Waals surface area contributed by atoms with Gasteiger partial charge < -0.3 is 0 Å². The van der Waals surface area contributed by atoms with Crippen LogP contribution >= 0.6 is 23.1 Å². The molecule has 1 atom stereocenters. The predicted molar refractivity (Wildman–Crippen MR) is 181 cm³/mol. The van der Waals surface area contributed by atoms with E-state index in [9.17, 15) is 15.4 Å². The number of nitrogens with zero attached hydrogens (tertiary/aromatic N) is 5. The Bertz CT molecular complexity index is 1880. The van der Waals surface area contributed by atoms with Gasteiger partial charge in [0.05, 0.1) is 26.8 Å². The molecule has 1 aliphatic rings. The van der Waals surface area contributed by atoms with Crippen LogP contribution in [0.2, 0.25) is 0 Å². The molecule has 0 bridgehead atoms. The fourth-order valence-electron chi connectivity index (χ4n) is 5.58. The molecular formula is C36H31N5O2S2. The number of hydrogen-bond acceptors (Lipinski definition) is 8. The van der Waals surface area contributed by atoms with Crippen molar-refractivity contribution in [1.29, 1.82) is 5.26 Å². The Hall–Kier alpha value is -4.65. The molecule has 7 nitrogen and oxygen atoms in total. The van der Waals surface area contributed by atoms with Crippen LogP contribution in [0.4, 0.5) is 10.7 Å². The molecule has 0 spiro atoms. The predicted octanol–water partition coefficient (Wildman–Crippen LogP) is 9.70. The smallest absolute Gasteiger partial charge is 0.258 e. The Morgan fingerprint density at radius 1 is 1.00 bits per heavy atom. The fraction of sp³-hybridized carbons (Fsp3) is 0.222. The lowest BCUT2D eigenvalue weighted by atomic mass is 9.72. The van der Waals surface area contributed by atoms with Crippen LogP contribution in [0, 0.1) is 32.8 Å². The summed E-state index contributed by atoms with van der Waals surface area (Å²) >= 11 is 2.73. The SMILES string of the molecule is CC(C)(C)[C@@H]1CCc2c(sc(N=Cc3ccc(Sc4nc(-c5ccccc5)cc(-c5ccccc5)n4)c([N+](=O)[O-])c3)c2C#N)C1. The average Bonchev–Trinajstić information content (AvgIpc) is 3.41. The molecule has 0 fully saturated rings. The van der Waals surface area contributed by atoms with Crippen molar-refractivity contribution in [3.8, 4) is 28.6 Å². The highest BCUT2D eigenvalue weighted by Gasteiger charge is 2.32. The minimum absolute atomic E-state index is 0.0575. The number of benzene rings is 3. The van der Waals surface area contributed by atoms with Crippen molar-refractivity contribution >= 4 is 40.0 Å². The lowest BCUT2D eigenvalue weighted by molar-refractivity contribution is -0.387. The molecular weight excluding hydrogens is 599 g/mol. The van der Waals surface area contributed by atoms with Crippen molar-refractivity contribution < 1.29 is 4.92 Å². The number of thiophene rings is 1. The summed E-state index contributed by atoms with van der Waals surface area (Å²) in [6.45, 7) is 6.80. The molecule has 45 heavy (non-hydrogen) atoms. The second-order valence-electron chi connectivity index (χ2n) is 12.1. The van der Waals surface area contributed by atoms with Crippen LogP contribution in [-0.2, 0) is 12.8 Å². The third-order valence-electron chi connectivity index (χ3n) is 8.14. The summed E-state index contributed by atoms with van der Waals surface area (Å²) < 4.78 is 0. The van der Waals surface area contributed by atoms with E-state index in [1.54, 1.807) is 29.7 Å². The molecule has 0 N–H and O–H groups in total. The third kappa shape index (κ3) is 6.72. The van der Waals surface area contributed by atoms with Crippen LogP contribution < -0.4 is 0 Å². The molecule has 1 aliphatic carbocycles. The zero-order valence-electron chi connectivity index (χ0n) is 25.2. The van der Waals surface area contributed by atoms with Crippen molar-refractivity contribution in [2.24, 2.45) is 16.3 Å². The molecule has 0 radical (unpaired) electrons. The highest BCUT2D eigenvalue weighted by molar-refractivity contribution is 7.99. The molecule has 9 heteroatoms. The number of hydrogen-bond donors (Lipinski definition) is 0. The lowest BCUT2D eigenvalue weighted by Gasteiger charge is -2.33. The topological polar surface area (TPSA) is 105 Å². The maximum atomic E-state index is 12.2. The first-order chi connectivity index (χ1) is 21.7. The van der Waals surface area contributed by atoms with Crippen molar-refractivity contribution in [1.82, 2.24) is 9.97 Å². The van der Waals surface area contributed by atoms with Crippen molar-refractivity contribution in [3.05, 3.63) is 117 Å². The molecule has 0 aliphatic heterocycles. The van der Waals surface area contributed by atoms with E-state index in [0.29, 0.717) is 32.1 Å². The first-order valence-electron chi connectivity index (χ1n) is 14.7. The van der Waals surface area contributed by atoms with E-state index in [0.717, 1.165) is 59.1 Å². The van der Waals surface area contributed by atoms with E-state index < -0.39 is 4.92 Å². The summed E-state index contributed by atoms with van der Waals surface area (Å²) in [5.41, 5.74) is 5.80. The molecule has 6 rings (SSSR count). The van der Waals surface area contributed by atoms with Gasteiger partial charge >= 0.3 is 0 Å². The van der Waals surface area contributed by atoms with E-state index in [4.69, 9.17) is 9.97 Å². The minimum Gasteiger partial charge on any atom is -0.258 e. The molecule has 3 aromatic carbocycles. The number of nitro groups is 1. The van der Waals surface area contributed by atoms with E-state index in [1.807, 2.05) is 66.7 Å². The van der Waals surface area contributed by atoms with E-state index >= 15 is 0 Å². The lowest BCUT2D eigenvalue weighted by Crippen LogP contribution is -2.26. The molecule has 0 unspecified atom stereocenters. The Morgan fingerprint density at radius 3 is 2.22 bits per heavy atom. The molecule has 2 aromatic heterocycles. The maximum absolute atomic E-state index is 12.2. The van der Waals surface area contributed by atoms with E-state index in [-0.39, 0.29) is 11.1 Å². The average molecular weight is 630 g/mol. The first kappa shape index (κ1) is 30.4. The molecule has 2 heterocycles. The van der Waals surface area contributed by atoms with Gasteiger partial charge in [-0.25, -0.2) is 15.0 Å². The van der Waals surface area contributed by atoms with Gasteiger partial charge in [0.25, 0.3) is 5.69 Å². The summed E-state index contributed by atoms with van der Waals surface area (Å²) in [5.74, 6) is 0.556. The third-order valence-corrected chi connectivity index (χ3v) is 10.2. The zero-order chi connectivity index (χ0) is 31.6. The van der Waals surface area contributed by atoms with Crippen molar-refractivity contribution in [2.75, 3.05) is 0 Å². The van der Waals surface area contributed by atoms with Gasteiger partial charge in [0.2, 0.25) is 0 Å². The second kappa shape index (κ2) is 12.8. The van der Waals surface area contributed by atoms with Crippen molar-refractivity contribution in [2.45, 2.75) is 50.1 Å². The zero-order valence-corrected chi connectivity index (χ0v) is 26.9. The van der Waals surface area contributed by atoms with Crippen LogP contribution in [0.5, 0.6) is 0 Å². The molecule has 224 valence electrons. The van der Waals surface area contributed by atoms with Crippen LogP contribution in [-0.4, -0.2) is 21.1 Å². The van der Waals surface area contributed by atoms with Gasteiger partial charge in [-0.05, 0) is 65.6 Å². The summed E-state index contributed by atoms with van der Waals surface area (Å²) in [5, 5.41) is 23.2. The van der Waals surface area contributed by atoms with Crippen LogP contribution in [0.1, 0.15) is 48.8 Å². The number of fused-ring (bicyclic) bond motifs is 1. The van der Waals surface area contributed by atoms with Gasteiger partial charge in [0, 0.05) is 28.3 Å². The van der Waals surface area contributed by atoms with Gasteiger partial charge in [0.1, 0.15) is 11.1 Å². The largest absolute Gasteiger partial charge is 0.283 e. The maximum Gasteiger partial charge on any atom is 0.283 e. The summed E-state index contributed by atoms with van der Waals surface area (Å²) in [4.78, 5) is 27.7. The quantitative estimate of drug-likeness (QED) is 0.0768. The first-order valence-corrected chi connectivity index (χ1v) is 16.4. The van der Waals surface area contributed by atoms with Gasteiger partial charge in [-0.15, -0.1) is 11.3 Å². The monoisotopic (exact) mass is 629 g/mol. The number of nitro benzene ring substituents is 1. The van der Waals surface area contributed by atoms with Crippen molar-refractivity contribution in [3.63, 3.8) is 0 Å². The molecule has 0 saturated carbocycles. The van der Waals surface area contributed by atoms with Gasteiger partial charge in [-0.1, -0.05) is 87.5 Å². The van der Waals surface area contributed by atoms with Crippen LogP contribution in [0.3, 0.4) is 0 Å². The summed E-state index contributed by atoms with van der Waals surface area (Å²) in [6, 6.07) is 28.9. The Kier molecular flexibility index (Phi) is 8.61. The van der Waals surface area contributed by atoms with Crippen LogP contribution in [0.15, 0.2) is 100.0 Å².